The topological polar surface area (TPSA) is 54.9 Å². The molecule has 164 valence electrons. The number of aromatic nitrogens is 1. The van der Waals surface area contributed by atoms with Gasteiger partial charge < -0.3 is 19.3 Å². The summed E-state index contributed by atoms with van der Waals surface area (Å²) >= 11 is 1.59. The Balaban J connectivity index is 1.39. The number of allylic oxidation sites excluding steroid dienone is 1. The Bertz CT molecular complexity index is 782. The first-order valence-electron chi connectivity index (χ1n) is 11.0. The predicted octanol–water partition coefficient (Wildman–Crippen LogP) is 2.92. The number of rotatable bonds is 8. The molecule has 1 spiro atoms. The van der Waals surface area contributed by atoms with Crippen molar-refractivity contribution in [2.45, 2.75) is 37.7 Å². The van der Waals surface area contributed by atoms with E-state index in [1.165, 1.54) is 11.1 Å². The van der Waals surface area contributed by atoms with E-state index in [4.69, 9.17) is 9.47 Å². The fourth-order valence-corrected chi connectivity index (χ4v) is 5.50. The number of piperidine rings is 1. The number of hydrogen-bond donors (Lipinski definition) is 0. The number of ether oxygens (including phenoxy) is 2. The number of nitrogens with zero attached hydrogens (tertiary/aromatic N) is 3. The van der Waals surface area contributed by atoms with Crippen molar-refractivity contribution in [1.29, 1.82) is 0 Å². The van der Waals surface area contributed by atoms with Crippen LogP contribution in [0, 0.1) is 5.92 Å². The molecule has 3 heterocycles. The molecule has 1 atom stereocenters. The summed E-state index contributed by atoms with van der Waals surface area (Å²) in [7, 11) is 3.54. The Morgan fingerprint density at radius 2 is 2.27 bits per heavy atom. The van der Waals surface area contributed by atoms with Crippen molar-refractivity contribution in [3.8, 4) is 0 Å². The largest absolute Gasteiger partial charge is 0.383 e. The number of hydrogen-bond acceptors (Lipinski definition) is 6. The van der Waals surface area contributed by atoms with Crippen LogP contribution in [0.1, 0.15) is 31.4 Å². The smallest absolute Gasteiger partial charge is 0.227 e. The average Bonchev–Trinajstić information content (AvgIpc) is 3.41. The van der Waals surface area contributed by atoms with Gasteiger partial charge in [0.15, 0.2) is 0 Å². The molecule has 1 saturated heterocycles. The van der Waals surface area contributed by atoms with Crippen LogP contribution in [-0.4, -0.2) is 79.8 Å². The van der Waals surface area contributed by atoms with Crippen molar-refractivity contribution in [2.24, 2.45) is 5.92 Å². The molecule has 3 aliphatic rings. The maximum absolute atomic E-state index is 13.2. The van der Waals surface area contributed by atoms with E-state index in [1.54, 1.807) is 23.3 Å². The van der Waals surface area contributed by atoms with E-state index in [2.05, 4.69) is 27.4 Å². The molecule has 0 saturated carbocycles. The second-order valence-electron chi connectivity index (χ2n) is 8.68. The Morgan fingerprint density at radius 1 is 1.43 bits per heavy atom. The van der Waals surface area contributed by atoms with Crippen molar-refractivity contribution in [2.75, 3.05) is 53.6 Å². The summed E-state index contributed by atoms with van der Waals surface area (Å²) in [5.74, 6) is 0.0921. The van der Waals surface area contributed by atoms with Crippen molar-refractivity contribution in [3.63, 3.8) is 0 Å². The number of amides is 1. The van der Waals surface area contributed by atoms with Gasteiger partial charge in [0.05, 0.1) is 35.9 Å². The van der Waals surface area contributed by atoms with Gasteiger partial charge in [-0.25, -0.2) is 4.98 Å². The summed E-state index contributed by atoms with van der Waals surface area (Å²) in [4.78, 5) is 21.8. The van der Waals surface area contributed by atoms with Crippen LogP contribution in [-0.2, 0) is 20.7 Å². The molecule has 0 N–H and O–H groups in total. The Morgan fingerprint density at radius 3 is 3.00 bits per heavy atom. The molecule has 1 unspecified atom stereocenters. The normalized spacial score (nSPS) is 21.8. The summed E-state index contributed by atoms with van der Waals surface area (Å²) in [6, 6.07) is 0. The summed E-state index contributed by atoms with van der Waals surface area (Å²) in [5.41, 5.74) is 5.71. The van der Waals surface area contributed by atoms with Crippen LogP contribution >= 0.6 is 11.3 Å². The van der Waals surface area contributed by atoms with Gasteiger partial charge >= 0.3 is 0 Å². The van der Waals surface area contributed by atoms with Crippen LogP contribution in [0.25, 0.3) is 0 Å². The predicted molar refractivity (Wildman–Crippen MR) is 119 cm³/mol. The number of carbonyl (C=O) groups excluding carboxylic acids is 1. The average molecular weight is 432 g/mol. The zero-order valence-electron chi connectivity index (χ0n) is 18.1. The van der Waals surface area contributed by atoms with Crippen LogP contribution in [0.5, 0.6) is 0 Å². The molecule has 1 aliphatic carbocycles. The second-order valence-corrected chi connectivity index (χ2v) is 9.39. The van der Waals surface area contributed by atoms with Crippen LogP contribution < -0.4 is 0 Å². The van der Waals surface area contributed by atoms with E-state index < -0.39 is 0 Å². The van der Waals surface area contributed by atoms with E-state index in [9.17, 15) is 4.79 Å². The fourth-order valence-electron chi connectivity index (χ4n) is 4.93. The minimum Gasteiger partial charge on any atom is -0.383 e. The first kappa shape index (κ1) is 21.7. The lowest BCUT2D eigenvalue weighted by molar-refractivity contribution is -0.135. The van der Waals surface area contributed by atoms with Gasteiger partial charge in [-0.15, -0.1) is 11.3 Å². The van der Waals surface area contributed by atoms with E-state index in [-0.39, 0.29) is 17.4 Å². The molecular weight excluding hydrogens is 398 g/mol. The third kappa shape index (κ3) is 4.69. The lowest BCUT2D eigenvalue weighted by atomic mass is 9.80. The van der Waals surface area contributed by atoms with E-state index in [0.717, 1.165) is 57.6 Å². The molecule has 1 aromatic heterocycles. The van der Waals surface area contributed by atoms with Crippen LogP contribution in [0.15, 0.2) is 34.2 Å². The van der Waals surface area contributed by atoms with Crippen LogP contribution in [0.2, 0.25) is 0 Å². The Kier molecular flexibility index (Phi) is 7.03. The van der Waals surface area contributed by atoms with Gasteiger partial charge in [0.2, 0.25) is 5.91 Å². The number of fused-ring (bicyclic) bond motifs is 1. The van der Waals surface area contributed by atoms with Gasteiger partial charge in [-0.1, -0.05) is 12.2 Å². The number of likely N-dealkylation sites (N-methyl/N-ethyl adjacent to an activating group) is 1. The zero-order chi connectivity index (χ0) is 21.0. The molecule has 0 bridgehead atoms. The van der Waals surface area contributed by atoms with E-state index in [0.29, 0.717) is 19.6 Å². The third-order valence-corrected chi connectivity index (χ3v) is 7.36. The summed E-state index contributed by atoms with van der Waals surface area (Å²) < 4.78 is 11.5. The highest BCUT2D eigenvalue weighted by atomic mass is 32.1. The molecule has 2 aliphatic heterocycles. The maximum atomic E-state index is 13.2. The molecule has 1 aromatic rings. The summed E-state index contributed by atoms with van der Waals surface area (Å²) in [6.45, 7) is 4.67. The summed E-state index contributed by atoms with van der Waals surface area (Å²) in [6.07, 6.45) is 9.59. The maximum Gasteiger partial charge on any atom is 0.227 e. The number of likely N-dealkylation sites (tertiary alicyclic amines) is 1. The van der Waals surface area contributed by atoms with Crippen LogP contribution in [0.4, 0.5) is 0 Å². The van der Waals surface area contributed by atoms with Gasteiger partial charge in [0.1, 0.15) is 0 Å². The highest BCUT2D eigenvalue weighted by molar-refractivity contribution is 7.07. The van der Waals surface area contributed by atoms with Gasteiger partial charge in [0, 0.05) is 52.1 Å². The van der Waals surface area contributed by atoms with Gasteiger partial charge in [-0.2, -0.15) is 0 Å². The SMILES string of the molecule is COCCN(C)C(=O)C(Cc1cscn1)CN1CCC2(CC1)OCC1=C2C=CCC1. The first-order chi connectivity index (χ1) is 14.6. The molecule has 1 amide bonds. The monoisotopic (exact) mass is 431 g/mol. The van der Waals surface area contributed by atoms with Crippen molar-refractivity contribution in [3.05, 3.63) is 39.9 Å². The molecule has 1 fully saturated rings. The van der Waals surface area contributed by atoms with Crippen molar-refractivity contribution in [1.82, 2.24) is 14.8 Å². The molecule has 4 rings (SSSR count). The molecule has 30 heavy (non-hydrogen) atoms. The highest BCUT2D eigenvalue weighted by Crippen LogP contribution is 2.43. The van der Waals surface area contributed by atoms with Crippen molar-refractivity contribution >= 4 is 17.2 Å². The fraction of sp³-hybridized carbons (Fsp3) is 0.652. The molecular formula is C23H33N3O3S. The third-order valence-electron chi connectivity index (χ3n) is 6.73. The number of thiazole rings is 1. The van der Waals surface area contributed by atoms with E-state index >= 15 is 0 Å². The zero-order valence-corrected chi connectivity index (χ0v) is 19.0. The molecule has 7 heteroatoms. The molecule has 6 nitrogen and oxygen atoms in total. The van der Waals surface area contributed by atoms with Crippen LogP contribution in [0.3, 0.4) is 0 Å². The Hall–Kier alpha value is -1.54. The number of carbonyl (C=O) groups is 1. The minimum atomic E-state index is -0.0908. The standard InChI is InChI=1S/C23H33N3O3S/c1-25(11-12-28-2)22(27)19(13-20-16-30-17-24-20)14-26-9-7-23(8-10-26)21-6-4-3-5-18(21)15-29-23/h4,6,16-17,19H,3,5,7-15H2,1-2H3. The van der Waals surface area contributed by atoms with Gasteiger partial charge in [-0.3, -0.25) is 4.79 Å². The van der Waals surface area contributed by atoms with E-state index in [1.807, 2.05) is 12.6 Å². The summed E-state index contributed by atoms with van der Waals surface area (Å²) in [5, 5.41) is 2.05. The lowest BCUT2D eigenvalue weighted by Gasteiger charge is -2.41. The second kappa shape index (κ2) is 9.73. The quantitative estimate of drug-likeness (QED) is 0.634. The van der Waals surface area contributed by atoms with Gasteiger partial charge in [-0.05, 0) is 36.8 Å². The lowest BCUT2D eigenvalue weighted by Crippen LogP contribution is -2.49. The molecule has 0 aromatic carbocycles. The minimum absolute atomic E-state index is 0.0862. The molecule has 0 radical (unpaired) electrons. The highest BCUT2D eigenvalue weighted by Gasteiger charge is 2.44. The first-order valence-corrected chi connectivity index (χ1v) is 11.9. The number of methoxy groups -OCH3 is 1. The van der Waals surface area contributed by atoms with Crippen molar-refractivity contribution < 1.29 is 14.3 Å². The van der Waals surface area contributed by atoms with Gasteiger partial charge in [0.25, 0.3) is 0 Å². The Labute approximate surface area is 183 Å².